The summed E-state index contributed by atoms with van der Waals surface area (Å²) in [5.41, 5.74) is -0.111. The van der Waals surface area contributed by atoms with E-state index in [1.165, 1.54) is 64.2 Å². The van der Waals surface area contributed by atoms with Crippen molar-refractivity contribution in [3.63, 3.8) is 0 Å². The Kier molecular flexibility index (Phi) is 3.72. The van der Waals surface area contributed by atoms with Gasteiger partial charge in [0.1, 0.15) is 0 Å². The van der Waals surface area contributed by atoms with Crippen LogP contribution in [-0.2, 0) is 4.79 Å². The van der Waals surface area contributed by atoms with E-state index >= 15 is 0 Å². The molecule has 118 valence electrons. The van der Waals surface area contributed by atoms with Gasteiger partial charge in [0, 0.05) is 6.54 Å². The molecule has 3 nitrogen and oxygen atoms in total. The number of hydrogen-bond acceptors (Lipinski definition) is 2. The van der Waals surface area contributed by atoms with Crippen molar-refractivity contribution in [2.24, 2.45) is 11.8 Å². The van der Waals surface area contributed by atoms with Crippen LogP contribution in [0.15, 0.2) is 0 Å². The molecule has 3 heteroatoms. The Balaban J connectivity index is 1.36. The molecule has 21 heavy (non-hydrogen) atoms. The second-order valence-electron chi connectivity index (χ2n) is 8.01. The Labute approximate surface area is 128 Å². The van der Waals surface area contributed by atoms with Gasteiger partial charge in [-0.3, -0.25) is 10.1 Å². The van der Waals surface area contributed by atoms with E-state index in [0.717, 1.165) is 31.2 Å². The van der Waals surface area contributed by atoms with E-state index in [9.17, 15) is 4.79 Å². The normalized spacial score (nSPS) is 32.7. The van der Waals surface area contributed by atoms with E-state index in [1.54, 1.807) is 0 Å². The van der Waals surface area contributed by atoms with Crippen LogP contribution in [0, 0.1) is 11.8 Å². The molecule has 1 heterocycles. The molecule has 0 aromatic carbocycles. The molecule has 1 spiro atoms. The Morgan fingerprint density at radius 1 is 1.05 bits per heavy atom. The predicted molar refractivity (Wildman–Crippen MR) is 83.8 cm³/mol. The fraction of sp³-hybridized carbons (Fsp3) is 0.944. The third kappa shape index (κ3) is 2.62. The van der Waals surface area contributed by atoms with Gasteiger partial charge in [0.25, 0.3) is 0 Å². The van der Waals surface area contributed by atoms with Crippen LogP contribution in [0.25, 0.3) is 0 Å². The number of rotatable bonds is 5. The SMILES string of the molecule is O=C1N(CCCC2CCCC2)C(C2CCCC2)NC12CC2. The summed E-state index contributed by atoms with van der Waals surface area (Å²) in [5.74, 6) is 2.11. The van der Waals surface area contributed by atoms with Crippen molar-refractivity contribution in [3.05, 3.63) is 0 Å². The maximum absolute atomic E-state index is 12.7. The molecule has 0 aromatic rings. The Morgan fingerprint density at radius 2 is 1.71 bits per heavy atom. The largest absolute Gasteiger partial charge is 0.325 e. The van der Waals surface area contributed by atoms with Gasteiger partial charge < -0.3 is 4.90 Å². The lowest BCUT2D eigenvalue weighted by atomic mass is 10.0. The molecule has 0 aromatic heterocycles. The van der Waals surface area contributed by atoms with Gasteiger partial charge in [-0.2, -0.15) is 0 Å². The van der Waals surface area contributed by atoms with Gasteiger partial charge in [0.15, 0.2) is 0 Å². The summed E-state index contributed by atoms with van der Waals surface area (Å²) in [5, 5.41) is 3.74. The van der Waals surface area contributed by atoms with Crippen molar-refractivity contribution < 1.29 is 4.79 Å². The Morgan fingerprint density at radius 3 is 2.38 bits per heavy atom. The molecule has 4 aliphatic rings. The zero-order chi connectivity index (χ0) is 14.3. The molecular formula is C18H30N2O. The van der Waals surface area contributed by atoms with Crippen LogP contribution in [0.1, 0.15) is 77.0 Å². The topological polar surface area (TPSA) is 32.3 Å². The molecule has 1 saturated heterocycles. The number of nitrogens with zero attached hydrogens (tertiary/aromatic N) is 1. The molecule has 0 bridgehead atoms. The van der Waals surface area contributed by atoms with Gasteiger partial charge >= 0.3 is 0 Å². The summed E-state index contributed by atoms with van der Waals surface area (Å²) >= 11 is 0. The van der Waals surface area contributed by atoms with Gasteiger partial charge in [0.05, 0.1) is 11.7 Å². The third-order valence-corrected chi connectivity index (χ3v) is 6.51. The Bertz CT molecular complexity index is 392. The fourth-order valence-electron chi connectivity index (χ4n) is 5.04. The van der Waals surface area contributed by atoms with Gasteiger partial charge in [-0.25, -0.2) is 0 Å². The van der Waals surface area contributed by atoms with Crippen LogP contribution in [0.4, 0.5) is 0 Å². The van der Waals surface area contributed by atoms with Crippen LogP contribution < -0.4 is 5.32 Å². The average molecular weight is 290 g/mol. The van der Waals surface area contributed by atoms with Gasteiger partial charge in [-0.05, 0) is 50.4 Å². The summed E-state index contributed by atoms with van der Waals surface area (Å²) in [6, 6.07) is 0. The second kappa shape index (κ2) is 5.57. The van der Waals surface area contributed by atoms with Crippen molar-refractivity contribution in [2.45, 2.75) is 88.8 Å². The second-order valence-corrected chi connectivity index (χ2v) is 8.01. The highest BCUT2D eigenvalue weighted by atomic mass is 16.2. The summed E-state index contributed by atoms with van der Waals surface area (Å²) in [4.78, 5) is 15.0. The minimum Gasteiger partial charge on any atom is -0.325 e. The van der Waals surface area contributed by atoms with E-state index in [-0.39, 0.29) is 5.54 Å². The summed E-state index contributed by atoms with van der Waals surface area (Å²) in [6.07, 6.45) is 16.2. The molecule has 3 aliphatic carbocycles. The number of carbonyl (C=O) groups excluding carboxylic acids is 1. The highest BCUT2D eigenvalue weighted by Crippen LogP contribution is 2.45. The molecule has 1 atom stereocenters. The summed E-state index contributed by atoms with van der Waals surface area (Å²) in [6.45, 7) is 1.01. The molecule has 4 rings (SSSR count). The highest BCUT2D eigenvalue weighted by molar-refractivity contribution is 5.91. The van der Waals surface area contributed by atoms with E-state index in [2.05, 4.69) is 10.2 Å². The number of amides is 1. The molecule has 1 amide bonds. The highest BCUT2D eigenvalue weighted by Gasteiger charge is 2.60. The van der Waals surface area contributed by atoms with E-state index in [1.807, 2.05) is 0 Å². The predicted octanol–water partition coefficient (Wildman–Crippen LogP) is 3.44. The summed E-state index contributed by atoms with van der Waals surface area (Å²) < 4.78 is 0. The van der Waals surface area contributed by atoms with Crippen molar-refractivity contribution in [1.29, 1.82) is 0 Å². The first-order valence-corrected chi connectivity index (χ1v) is 9.37. The average Bonchev–Trinajstić information content (AvgIpc) is 2.92. The molecular weight excluding hydrogens is 260 g/mol. The molecule has 1 aliphatic heterocycles. The first-order valence-electron chi connectivity index (χ1n) is 9.37. The van der Waals surface area contributed by atoms with Crippen LogP contribution >= 0.6 is 0 Å². The molecule has 0 radical (unpaired) electrons. The minimum absolute atomic E-state index is 0.111. The molecule has 1 N–H and O–H groups in total. The van der Waals surface area contributed by atoms with Gasteiger partial charge in [-0.1, -0.05) is 38.5 Å². The zero-order valence-corrected chi connectivity index (χ0v) is 13.3. The number of carbonyl (C=O) groups is 1. The van der Waals surface area contributed by atoms with E-state index in [4.69, 9.17) is 0 Å². The molecule has 3 saturated carbocycles. The number of nitrogens with one attached hydrogen (secondary N) is 1. The lowest BCUT2D eigenvalue weighted by molar-refractivity contribution is -0.131. The van der Waals surface area contributed by atoms with Crippen LogP contribution in [0.3, 0.4) is 0 Å². The van der Waals surface area contributed by atoms with Crippen molar-refractivity contribution in [1.82, 2.24) is 10.2 Å². The maximum atomic E-state index is 12.7. The third-order valence-electron chi connectivity index (χ3n) is 6.51. The first kappa shape index (κ1) is 14.0. The lowest BCUT2D eigenvalue weighted by Gasteiger charge is -2.29. The summed E-state index contributed by atoms with van der Waals surface area (Å²) in [7, 11) is 0. The quantitative estimate of drug-likeness (QED) is 0.841. The minimum atomic E-state index is -0.111. The molecule has 4 fully saturated rings. The van der Waals surface area contributed by atoms with E-state index in [0.29, 0.717) is 12.1 Å². The van der Waals surface area contributed by atoms with Crippen LogP contribution in [-0.4, -0.2) is 29.1 Å². The van der Waals surface area contributed by atoms with Crippen molar-refractivity contribution in [2.75, 3.05) is 6.54 Å². The number of hydrogen-bond donors (Lipinski definition) is 1. The molecule has 1 unspecified atom stereocenters. The first-order chi connectivity index (χ1) is 10.3. The van der Waals surface area contributed by atoms with Gasteiger partial charge in [-0.15, -0.1) is 0 Å². The standard InChI is InChI=1S/C18H30N2O/c21-17-18(11-12-18)19-16(15-9-3-4-10-15)20(17)13-5-8-14-6-1-2-7-14/h14-16,19H,1-13H2. The zero-order valence-electron chi connectivity index (χ0n) is 13.3. The fourth-order valence-corrected chi connectivity index (χ4v) is 5.04. The Hall–Kier alpha value is -0.570. The van der Waals surface area contributed by atoms with Gasteiger partial charge in [0.2, 0.25) is 5.91 Å². The maximum Gasteiger partial charge on any atom is 0.244 e. The van der Waals surface area contributed by atoms with Crippen LogP contribution in [0.5, 0.6) is 0 Å². The van der Waals surface area contributed by atoms with Crippen molar-refractivity contribution >= 4 is 5.91 Å². The van der Waals surface area contributed by atoms with E-state index < -0.39 is 0 Å². The lowest BCUT2D eigenvalue weighted by Crippen LogP contribution is -2.43. The smallest absolute Gasteiger partial charge is 0.244 e. The van der Waals surface area contributed by atoms with Crippen LogP contribution in [0.2, 0.25) is 0 Å². The van der Waals surface area contributed by atoms with Crippen molar-refractivity contribution in [3.8, 4) is 0 Å². The monoisotopic (exact) mass is 290 g/mol.